The number of aliphatic hydroxyl groups excluding tert-OH is 1. The summed E-state index contributed by atoms with van der Waals surface area (Å²) in [4.78, 5) is 14.9. The summed E-state index contributed by atoms with van der Waals surface area (Å²) in [5.74, 6) is 0.313. The van der Waals surface area contributed by atoms with Gasteiger partial charge in [-0.3, -0.25) is 4.79 Å². The van der Waals surface area contributed by atoms with Gasteiger partial charge in [0, 0.05) is 18.0 Å². The second-order valence-electron chi connectivity index (χ2n) is 6.64. The van der Waals surface area contributed by atoms with E-state index in [0.717, 1.165) is 25.7 Å². The van der Waals surface area contributed by atoms with Crippen molar-refractivity contribution in [3.05, 3.63) is 0 Å². The number of nitrogens with zero attached hydrogens (tertiary/aromatic N) is 1. The van der Waals surface area contributed by atoms with Crippen molar-refractivity contribution < 1.29 is 9.90 Å². The smallest absolute Gasteiger partial charge is 0.228 e. The van der Waals surface area contributed by atoms with E-state index in [1.165, 1.54) is 38.5 Å². The Labute approximate surface area is 117 Å². The lowest BCUT2D eigenvalue weighted by atomic mass is 9.74. The summed E-state index contributed by atoms with van der Waals surface area (Å²) in [6.07, 6.45) is 11.7. The van der Waals surface area contributed by atoms with Crippen LogP contribution in [0.25, 0.3) is 0 Å². The molecule has 3 nitrogen and oxygen atoms in total. The zero-order valence-electron chi connectivity index (χ0n) is 12.4. The number of rotatable bonds is 4. The van der Waals surface area contributed by atoms with Crippen molar-refractivity contribution in [1.29, 1.82) is 0 Å². The molecule has 0 saturated heterocycles. The molecule has 110 valence electrons. The second-order valence-corrected chi connectivity index (χ2v) is 6.64. The Bertz CT molecular complexity index is 291. The van der Waals surface area contributed by atoms with Crippen molar-refractivity contribution in [2.24, 2.45) is 5.41 Å². The van der Waals surface area contributed by atoms with Crippen LogP contribution in [-0.2, 0) is 4.79 Å². The topological polar surface area (TPSA) is 40.5 Å². The zero-order chi connectivity index (χ0) is 13.7. The largest absolute Gasteiger partial charge is 0.395 e. The minimum Gasteiger partial charge on any atom is -0.395 e. The highest BCUT2D eigenvalue weighted by atomic mass is 16.3. The summed E-state index contributed by atoms with van der Waals surface area (Å²) in [6.45, 7) is 2.76. The molecule has 0 radical (unpaired) electrons. The SMILES string of the molecule is CC1(C(=O)N(CCO)C2CCCCC2)CCCCC1. The first-order chi connectivity index (χ1) is 9.17. The number of hydrogen-bond donors (Lipinski definition) is 1. The Hall–Kier alpha value is -0.570. The van der Waals surface area contributed by atoms with Crippen molar-refractivity contribution >= 4 is 5.91 Å². The van der Waals surface area contributed by atoms with Gasteiger partial charge in [-0.1, -0.05) is 45.4 Å². The molecule has 0 heterocycles. The predicted molar refractivity (Wildman–Crippen MR) is 76.9 cm³/mol. The molecule has 0 aromatic heterocycles. The molecule has 0 aromatic carbocycles. The summed E-state index contributed by atoms with van der Waals surface area (Å²) < 4.78 is 0. The fraction of sp³-hybridized carbons (Fsp3) is 0.938. The summed E-state index contributed by atoms with van der Waals surface area (Å²) in [6, 6.07) is 0.382. The highest BCUT2D eigenvalue weighted by Crippen LogP contribution is 2.38. The predicted octanol–water partition coefficient (Wildman–Crippen LogP) is 3.11. The number of carbonyl (C=O) groups excluding carboxylic acids is 1. The van der Waals surface area contributed by atoms with E-state index in [4.69, 9.17) is 0 Å². The molecule has 2 aliphatic rings. The third-order valence-corrected chi connectivity index (χ3v) is 5.09. The molecule has 1 N–H and O–H groups in total. The quantitative estimate of drug-likeness (QED) is 0.850. The Kier molecular flexibility index (Phi) is 5.26. The standard InChI is InChI=1S/C16H29NO2/c1-16(10-6-3-7-11-16)15(19)17(12-13-18)14-8-4-2-5-9-14/h14,18H,2-13H2,1H3. The molecule has 0 atom stereocenters. The maximum Gasteiger partial charge on any atom is 0.228 e. The fourth-order valence-corrected chi connectivity index (χ4v) is 3.84. The Balaban J connectivity index is 2.06. The van der Waals surface area contributed by atoms with E-state index in [0.29, 0.717) is 18.5 Å². The van der Waals surface area contributed by atoms with Crippen LogP contribution >= 0.6 is 0 Å². The minimum atomic E-state index is -0.162. The van der Waals surface area contributed by atoms with Crippen LogP contribution in [0.15, 0.2) is 0 Å². The average Bonchev–Trinajstić information content (AvgIpc) is 2.46. The van der Waals surface area contributed by atoms with E-state index < -0.39 is 0 Å². The van der Waals surface area contributed by atoms with Crippen LogP contribution in [0.1, 0.15) is 71.1 Å². The lowest BCUT2D eigenvalue weighted by Gasteiger charge is -2.41. The van der Waals surface area contributed by atoms with Crippen LogP contribution in [0.3, 0.4) is 0 Å². The van der Waals surface area contributed by atoms with Gasteiger partial charge in [0.15, 0.2) is 0 Å². The molecule has 0 spiro atoms. The fourth-order valence-electron chi connectivity index (χ4n) is 3.84. The van der Waals surface area contributed by atoms with E-state index in [9.17, 15) is 9.90 Å². The average molecular weight is 267 g/mol. The molecule has 2 rings (SSSR count). The molecule has 0 aromatic rings. The number of hydrogen-bond acceptors (Lipinski definition) is 2. The molecule has 2 saturated carbocycles. The lowest BCUT2D eigenvalue weighted by Crippen LogP contribution is -2.50. The molecule has 0 bridgehead atoms. The summed E-state index contributed by atoms with van der Waals surface area (Å²) in [5, 5.41) is 9.30. The van der Waals surface area contributed by atoms with E-state index in [2.05, 4.69) is 6.92 Å². The second kappa shape index (κ2) is 6.74. The zero-order valence-corrected chi connectivity index (χ0v) is 12.4. The molecular formula is C16H29NO2. The normalized spacial score (nSPS) is 24.1. The number of carbonyl (C=O) groups is 1. The van der Waals surface area contributed by atoms with Gasteiger partial charge in [0.2, 0.25) is 5.91 Å². The van der Waals surface area contributed by atoms with E-state index in [-0.39, 0.29) is 12.0 Å². The third-order valence-electron chi connectivity index (χ3n) is 5.09. The van der Waals surface area contributed by atoms with Gasteiger partial charge in [0.25, 0.3) is 0 Å². The van der Waals surface area contributed by atoms with Crippen LogP contribution in [0, 0.1) is 5.41 Å². The van der Waals surface area contributed by atoms with Crippen LogP contribution < -0.4 is 0 Å². The van der Waals surface area contributed by atoms with Crippen molar-refractivity contribution in [3.63, 3.8) is 0 Å². The monoisotopic (exact) mass is 267 g/mol. The summed E-state index contributed by atoms with van der Waals surface area (Å²) >= 11 is 0. The van der Waals surface area contributed by atoms with Gasteiger partial charge in [0.05, 0.1) is 6.61 Å². The first kappa shape index (κ1) is 14.8. The van der Waals surface area contributed by atoms with Crippen LogP contribution in [0.5, 0.6) is 0 Å². The molecule has 0 unspecified atom stereocenters. The molecule has 1 amide bonds. The van der Waals surface area contributed by atoms with Crippen LogP contribution in [-0.4, -0.2) is 35.1 Å². The first-order valence-electron chi connectivity index (χ1n) is 8.09. The summed E-state index contributed by atoms with van der Waals surface area (Å²) in [7, 11) is 0. The van der Waals surface area contributed by atoms with E-state index >= 15 is 0 Å². The van der Waals surface area contributed by atoms with Crippen molar-refractivity contribution in [2.75, 3.05) is 13.2 Å². The lowest BCUT2D eigenvalue weighted by molar-refractivity contribution is -0.147. The van der Waals surface area contributed by atoms with Gasteiger partial charge in [-0.05, 0) is 25.7 Å². The Morgan fingerprint density at radius 3 is 2.26 bits per heavy atom. The minimum absolute atomic E-state index is 0.0956. The maximum atomic E-state index is 12.9. The molecule has 0 aliphatic heterocycles. The third kappa shape index (κ3) is 3.50. The van der Waals surface area contributed by atoms with Gasteiger partial charge in [-0.15, -0.1) is 0 Å². The Morgan fingerprint density at radius 2 is 1.68 bits per heavy atom. The Morgan fingerprint density at radius 1 is 1.11 bits per heavy atom. The molecular weight excluding hydrogens is 238 g/mol. The van der Waals surface area contributed by atoms with Gasteiger partial charge in [0.1, 0.15) is 0 Å². The van der Waals surface area contributed by atoms with Gasteiger partial charge < -0.3 is 10.0 Å². The highest BCUT2D eigenvalue weighted by Gasteiger charge is 2.39. The van der Waals surface area contributed by atoms with E-state index in [1.54, 1.807) is 0 Å². The molecule has 19 heavy (non-hydrogen) atoms. The molecule has 2 aliphatic carbocycles. The number of aliphatic hydroxyl groups is 1. The van der Waals surface area contributed by atoms with Crippen molar-refractivity contribution in [3.8, 4) is 0 Å². The van der Waals surface area contributed by atoms with Crippen LogP contribution in [0.4, 0.5) is 0 Å². The van der Waals surface area contributed by atoms with Crippen molar-refractivity contribution in [2.45, 2.75) is 77.2 Å². The van der Waals surface area contributed by atoms with Gasteiger partial charge in [-0.25, -0.2) is 0 Å². The van der Waals surface area contributed by atoms with Gasteiger partial charge >= 0.3 is 0 Å². The van der Waals surface area contributed by atoms with Gasteiger partial charge in [-0.2, -0.15) is 0 Å². The molecule has 2 fully saturated rings. The highest BCUT2D eigenvalue weighted by molar-refractivity contribution is 5.82. The van der Waals surface area contributed by atoms with Crippen molar-refractivity contribution in [1.82, 2.24) is 4.90 Å². The van der Waals surface area contributed by atoms with Crippen LogP contribution in [0.2, 0.25) is 0 Å². The maximum absolute atomic E-state index is 12.9. The summed E-state index contributed by atoms with van der Waals surface area (Å²) in [5.41, 5.74) is -0.162. The molecule has 3 heteroatoms. The van der Waals surface area contributed by atoms with E-state index in [1.807, 2.05) is 4.90 Å². The first-order valence-corrected chi connectivity index (χ1v) is 8.09. The number of amides is 1.